The second-order valence-electron chi connectivity index (χ2n) is 10.0. The average molecular weight is 559 g/mol. The van der Waals surface area contributed by atoms with E-state index in [1.807, 2.05) is 55.5 Å². The van der Waals surface area contributed by atoms with Crippen LogP contribution in [-0.4, -0.2) is 18.9 Å². The maximum absolute atomic E-state index is 12.8. The van der Waals surface area contributed by atoms with Crippen molar-refractivity contribution < 1.29 is 23.7 Å². The van der Waals surface area contributed by atoms with Crippen LogP contribution in [-0.2, 0) is 27.1 Å². The Balaban J connectivity index is 0.00000113. The molecule has 0 N–H and O–H groups in total. The van der Waals surface area contributed by atoms with Crippen LogP contribution in [0.25, 0.3) is 22.3 Å². The highest BCUT2D eigenvalue weighted by atomic mass is 16.7. The van der Waals surface area contributed by atoms with Gasteiger partial charge in [0.05, 0.1) is 11.8 Å². The predicted octanol–water partition coefficient (Wildman–Crippen LogP) is 8.41. The van der Waals surface area contributed by atoms with Gasteiger partial charge >= 0.3 is 5.97 Å². The Morgan fingerprint density at radius 2 is 1.31 bits per heavy atom. The summed E-state index contributed by atoms with van der Waals surface area (Å²) in [5.74, 6) is 0.907. The number of carbonyl (C=O) groups is 1. The summed E-state index contributed by atoms with van der Waals surface area (Å²) >= 11 is 0. The van der Waals surface area contributed by atoms with Gasteiger partial charge in [0.25, 0.3) is 6.29 Å². The molecule has 1 atom stereocenters. The Morgan fingerprint density at radius 3 is 1.90 bits per heavy atom. The molecule has 42 heavy (non-hydrogen) atoms. The third-order valence-corrected chi connectivity index (χ3v) is 7.16. The van der Waals surface area contributed by atoms with Crippen LogP contribution in [0.3, 0.4) is 0 Å². The van der Waals surface area contributed by atoms with Gasteiger partial charge in [0.15, 0.2) is 6.61 Å². The summed E-state index contributed by atoms with van der Waals surface area (Å²) in [4.78, 5) is 12.8. The number of benzene rings is 4. The SMILES string of the molecule is C=CC.C=COC(COC(=O)C(C)=COc1cccc2c1Cc1ccccc1-2)Oc1cccc2c1Cc1ccccc1-2. The van der Waals surface area contributed by atoms with Crippen molar-refractivity contribution in [2.75, 3.05) is 6.61 Å². The molecule has 0 fully saturated rings. The van der Waals surface area contributed by atoms with Crippen molar-refractivity contribution in [2.45, 2.75) is 33.0 Å². The standard InChI is InChI=1S/C34H28O5.C3H6/c1-3-36-33(39-32-17-9-15-28-26-13-7-5-11-24(26)19-30(28)32)21-38-34(35)22(2)20-37-31-16-8-14-27-25-12-6-4-10-23(25)18-29(27)31;1-3-2/h3-17,20,33H,1,18-19,21H2,2H3;3H,1H2,2H3. The zero-order chi connectivity index (χ0) is 29.5. The van der Waals surface area contributed by atoms with E-state index in [1.165, 1.54) is 34.8 Å². The van der Waals surface area contributed by atoms with Crippen molar-refractivity contribution in [3.8, 4) is 33.8 Å². The topological polar surface area (TPSA) is 54.0 Å². The van der Waals surface area contributed by atoms with Gasteiger partial charge < -0.3 is 18.9 Å². The molecule has 4 aromatic carbocycles. The number of hydrogen-bond acceptors (Lipinski definition) is 5. The van der Waals surface area contributed by atoms with Crippen LogP contribution >= 0.6 is 0 Å². The fourth-order valence-corrected chi connectivity index (χ4v) is 5.28. The Morgan fingerprint density at radius 1 is 0.786 bits per heavy atom. The number of hydrogen-bond donors (Lipinski definition) is 0. The highest BCUT2D eigenvalue weighted by Gasteiger charge is 2.24. The van der Waals surface area contributed by atoms with Crippen LogP contribution in [0.1, 0.15) is 36.1 Å². The summed E-state index contributed by atoms with van der Waals surface area (Å²) in [7, 11) is 0. The molecule has 4 aromatic rings. The lowest BCUT2D eigenvalue weighted by Gasteiger charge is -2.20. The zero-order valence-corrected chi connectivity index (χ0v) is 24.0. The van der Waals surface area contributed by atoms with Gasteiger partial charge in [-0.1, -0.05) is 85.5 Å². The summed E-state index contributed by atoms with van der Waals surface area (Å²) < 4.78 is 23.2. The van der Waals surface area contributed by atoms with Gasteiger partial charge in [-0.3, -0.25) is 0 Å². The number of ether oxygens (including phenoxy) is 4. The molecule has 0 bridgehead atoms. The van der Waals surface area contributed by atoms with E-state index in [9.17, 15) is 4.79 Å². The third-order valence-electron chi connectivity index (χ3n) is 7.16. The van der Waals surface area contributed by atoms with Gasteiger partial charge in [-0.05, 0) is 59.4 Å². The molecule has 0 aromatic heterocycles. The minimum absolute atomic E-state index is 0.108. The third kappa shape index (κ3) is 6.01. The van der Waals surface area contributed by atoms with E-state index in [2.05, 4.69) is 49.6 Å². The van der Waals surface area contributed by atoms with E-state index < -0.39 is 12.3 Å². The molecule has 0 spiro atoms. The molecule has 0 heterocycles. The Kier molecular flexibility index (Phi) is 8.88. The molecule has 1 unspecified atom stereocenters. The fourth-order valence-electron chi connectivity index (χ4n) is 5.28. The lowest BCUT2D eigenvalue weighted by atomic mass is 10.1. The number of esters is 1. The molecule has 5 heteroatoms. The second-order valence-corrected chi connectivity index (χ2v) is 10.0. The van der Waals surface area contributed by atoms with E-state index in [4.69, 9.17) is 18.9 Å². The molecule has 0 aliphatic heterocycles. The van der Waals surface area contributed by atoms with Gasteiger partial charge in [-0.25, -0.2) is 4.79 Å². The van der Waals surface area contributed by atoms with Gasteiger partial charge in [0.1, 0.15) is 17.8 Å². The van der Waals surface area contributed by atoms with Crippen LogP contribution in [0.15, 0.2) is 122 Å². The molecule has 0 amide bonds. The molecular formula is C37H34O5. The molecule has 0 saturated heterocycles. The summed E-state index contributed by atoms with van der Waals surface area (Å²) in [6.45, 7) is 10.4. The largest absolute Gasteiger partial charge is 0.464 e. The van der Waals surface area contributed by atoms with Crippen LogP contribution in [0.5, 0.6) is 11.5 Å². The zero-order valence-electron chi connectivity index (χ0n) is 24.0. The lowest BCUT2D eigenvalue weighted by Crippen LogP contribution is -2.27. The average Bonchev–Trinajstić information content (AvgIpc) is 3.58. The molecule has 2 aliphatic carbocycles. The van der Waals surface area contributed by atoms with Crippen LogP contribution in [0, 0.1) is 0 Å². The van der Waals surface area contributed by atoms with Crippen molar-refractivity contribution in [3.05, 3.63) is 145 Å². The Labute approximate surface area is 247 Å². The number of fused-ring (bicyclic) bond motifs is 6. The van der Waals surface area contributed by atoms with Crippen molar-refractivity contribution in [1.82, 2.24) is 0 Å². The van der Waals surface area contributed by atoms with Gasteiger partial charge in [0.2, 0.25) is 0 Å². The fraction of sp³-hybridized carbons (Fsp3) is 0.162. The van der Waals surface area contributed by atoms with Crippen molar-refractivity contribution >= 4 is 5.97 Å². The van der Waals surface area contributed by atoms with E-state index in [0.717, 1.165) is 40.8 Å². The van der Waals surface area contributed by atoms with Gasteiger partial charge in [-0.2, -0.15) is 0 Å². The highest BCUT2D eigenvalue weighted by molar-refractivity contribution is 5.87. The van der Waals surface area contributed by atoms with Crippen LogP contribution < -0.4 is 9.47 Å². The van der Waals surface area contributed by atoms with Gasteiger partial charge in [0, 0.05) is 24.0 Å². The first-order chi connectivity index (χ1) is 20.5. The summed E-state index contributed by atoms with van der Waals surface area (Å²) in [6.07, 6.45) is 5.20. The number of carbonyl (C=O) groups excluding carboxylic acids is 1. The maximum Gasteiger partial charge on any atom is 0.337 e. The molecule has 5 nitrogen and oxygen atoms in total. The summed E-state index contributed by atoms with van der Waals surface area (Å²) in [6, 6.07) is 28.6. The van der Waals surface area contributed by atoms with Crippen LogP contribution in [0.2, 0.25) is 0 Å². The predicted molar refractivity (Wildman–Crippen MR) is 166 cm³/mol. The highest BCUT2D eigenvalue weighted by Crippen LogP contribution is 2.42. The van der Waals surface area contributed by atoms with Crippen molar-refractivity contribution in [2.24, 2.45) is 0 Å². The normalized spacial score (nSPS) is 12.8. The lowest BCUT2D eigenvalue weighted by molar-refractivity contribution is -0.149. The van der Waals surface area contributed by atoms with E-state index in [0.29, 0.717) is 11.3 Å². The minimum atomic E-state index is -0.841. The van der Waals surface area contributed by atoms with Crippen molar-refractivity contribution in [3.63, 3.8) is 0 Å². The first-order valence-electron chi connectivity index (χ1n) is 13.9. The Bertz CT molecular complexity index is 1650. The number of rotatable bonds is 9. The maximum atomic E-state index is 12.8. The Hall–Kier alpha value is -5.03. The van der Waals surface area contributed by atoms with E-state index in [-0.39, 0.29) is 6.61 Å². The van der Waals surface area contributed by atoms with E-state index >= 15 is 0 Å². The van der Waals surface area contributed by atoms with Crippen molar-refractivity contribution in [1.29, 1.82) is 0 Å². The molecule has 0 saturated carbocycles. The molecule has 212 valence electrons. The monoisotopic (exact) mass is 558 g/mol. The quantitative estimate of drug-likeness (QED) is 0.0586. The summed E-state index contributed by atoms with van der Waals surface area (Å²) in [5, 5.41) is 0. The molecule has 0 radical (unpaired) electrons. The smallest absolute Gasteiger partial charge is 0.337 e. The molecule has 6 rings (SSSR count). The molecule has 2 aliphatic rings. The van der Waals surface area contributed by atoms with E-state index in [1.54, 1.807) is 13.0 Å². The second kappa shape index (κ2) is 13.1. The van der Waals surface area contributed by atoms with Gasteiger partial charge in [-0.15, -0.1) is 6.58 Å². The summed E-state index contributed by atoms with van der Waals surface area (Å²) in [5.41, 5.74) is 9.79. The van der Waals surface area contributed by atoms with Crippen LogP contribution in [0.4, 0.5) is 0 Å². The number of allylic oxidation sites excluding steroid dienone is 1. The minimum Gasteiger partial charge on any atom is -0.464 e. The first kappa shape index (κ1) is 28.5. The molecular weight excluding hydrogens is 524 g/mol. The first-order valence-corrected chi connectivity index (χ1v) is 13.9.